The number of benzene rings is 2. The van der Waals surface area contributed by atoms with Gasteiger partial charge < -0.3 is 9.52 Å². The Morgan fingerprint density at radius 3 is 2.77 bits per heavy atom. The lowest BCUT2D eigenvalue weighted by molar-refractivity contribution is -0.139. The van der Waals surface area contributed by atoms with Crippen LogP contribution in [0, 0.1) is 0 Å². The summed E-state index contributed by atoms with van der Waals surface area (Å²) in [5.41, 5.74) is 0.960. The highest BCUT2D eigenvalue weighted by Gasteiger charge is 2.27. The van der Waals surface area contributed by atoms with Crippen LogP contribution < -0.4 is 5.56 Å². The van der Waals surface area contributed by atoms with E-state index in [0.717, 1.165) is 0 Å². The first kappa shape index (κ1) is 16.3. The number of nitrogens with zero attached hydrogens (tertiary/aromatic N) is 2. The Labute approximate surface area is 151 Å². The predicted molar refractivity (Wildman–Crippen MR) is 95.5 cm³/mol. The molecule has 0 fully saturated rings. The van der Waals surface area contributed by atoms with E-state index in [1.165, 1.54) is 0 Å². The molecule has 2 aromatic carbocycles. The third kappa shape index (κ3) is 2.82. The summed E-state index contributed by atoms with van der Waals surface area (Å²) >= 11 is 5.94. The number of H-pyrrole nitrogens is 1. The largest absolute Gasteiger partial charge is 0.481 e. The quantitative estimate of drug-likeness (QED) is 0.572. The number of halogens is 1. The highest BCUT2D eigenvalue weighted by Crippen LogP contribution is 2.27. The highest BCUT2D eigenvalue weighted by atomic mass is 35.5. The van der Waals surface area contributed by atoms with Crippen LogP contribution in [0.4, 0.5) is 0 Å². The van der Waals surface area contributed by atoms with Gasteiger partial charge in [0, 0.05) is 16.8 Å². The molecular formula is C18H12ClN3O4. The first-order chi connectivity index (χ1) is 12.5. The number of fused-ring (bicyclic) bond motifs is 2. The van der Waals surface area contributed by atoms with E-state index < -0.39 is 11.9 Å². The lowest BCUT2D eigenvalue weighted by Gasteiger charge is -2.11. The van der Waals surface area contributed by atoms with Crippen molar-refractivity contribution in [3.8, 4) is 0 Å². The van der Waals surface area contributed by atoms with Gasteiger partial charge in [0.2, 0.25) is 0 Å². The van der Waals surface area contributed by atoms with Gasteiger partial charge in [-0.2, -0.15) is 5.10 Å². The van der Waals surface area contributed by atoms with Gasteiger partial charge in [-0.15, -0.1) is 0 Å². The topological polar surface area (TPSA) is 109 Å². The van der Waals surface area contributed by atoms with Crippen molar-refractivity contribution in [2.45, 2.75) is 12.3 Å². The minimum atomic E-state index is -1.09. The molecule has 0 aliphatic heterocycles. The Morgan fingerprint density at radius 1 is 1.23 bits per heavy atom. The van der Waals surface area contributed by atoms with Crippen molar-refractivity contribution in [1.29, 1.82) is 0 Å². The molecule has 2 heterocycles. The Morgan fingerprint density at radius 2 is 2.00 bits per heavy atom. The molecule has 26 heavy (non-hydrogen) atoms. The van der Waals surface area contributed by atoms with Gasteiger partial charge in [0.25, 0.3) is 5.56 Å². The predicted octanol–water partition coefficient (Wildman–Crippen LogP) is 3.13. The Kier molecular flexibility index (Phi) is 3.93. The van der Waals surface area contributed by atoms with Crippen LogP contribution in [0.3, 0.4) is 0 Å². The fraction of sp³-hybridized carbons (Fsp3) is 0.111. The molecule has 0 bridgehead atoms. The third-order valence-electron chi connectivity index (χ3n) is 4.13. The van der Waals surface area contributed by atoms with Gasteiger partial charge in [0.1, 0.15) is 11.4 Å². The van der Waals surface area contributed by atoms with E-state index in [1.807, 2.05) is 0 Å². The molecule has 2 aromatic heterocycles. The molecule has 7 nitrogen and oxygen atoms in total. The summed E-state index contributed by atoms with van der Waals surface area (Å²) in [6.45, 7) is 0. The molecule has 1 unspecified atom stereocenters. The van der Waals surface area contributed by atoms with Crippen molar-refractivity contribution in [3.05, 3.63) is 69.4 Å². The number of aliphatic carboxylic acids is 1. The molecule has 0 amide bonds. The van der Waals surface area contributed by atoms with Crippen molar-refractivity contribution in [3.63, 3.8) is 0 Å². The summed E-state index contributed by atoms with van der Waals surface area (Å²) in [4.78, 5) is 28.1. The number of oxazole rings is 1. The zero-order valence-electron chi connectivity index (χ0n) is 13.3. The number of carboxylic acid groups (broad SMARTS) is 1. The van der Waals surface area contributed by atoms with Crippen molar-refractivity contribution in [2.24, 2.45) is 0 Å². The van der Waals surface area contributed by atoms with Gasteiger partial charge >= 0.3 is 5.97 Å². The van der Waals surface area contributed by atoms with Crippen molar-refractivity contribution < 1.29 is 14.3 Å². The fourth-order valence-corrected chi connectivity index (χ4v) is 3.08. The van der Waals surface area contributed by atoms with Crippen LogP contribution in [0.25, 0.3) is 21.9 Å². The smallest absolute Gasteiger partial charge is 0.313 e. The van der Waals surface area contributed by atoms with Crippen molar-refractivity contribution >= 4 is 39.4 Å². The maximum absolute atomic E-state index is 11.9. The number of carbonyl (C=O) groups is 1. The second kappa shape index (κ2) is 6.27. The second-order valence-electron chi connectivity index (χ2n) is 5.80. The van der Waals surface area contributed by atoms with Gasteiger partial charge in [-0.05, 0) is 24.3 Å². The number of nitrogens with one attached hydrogen (secondary N) is 1. The fourth-order valence-electron chi connectivity index (χ4n) is 2.91. The highest BCUT2D eigenvalue weighted by molar-refractivity contribution is 6.31. The monoisotopic (exact) mass is 369 g/mol. The summed E-state index contributed by atoms with van der Waals surface area (Å²) in [7, 11) is 0. The van der Waals surface area contributed by atoms with E-state index >= 15 is 0 Å². The lowest BCUT2D eigenvalue weighted by Crippen LogP contribution is -2.20. The van der Waals surface area contributed by atoms with Crippen molar-refractivity contribution in [1.82, 2.24) is 15.2 Å². The van der Waals surface area contributed by atoms with Crippen LogP contribution in [0.15, 0.2) is 51.7 Å². The van der Waals surface area contributed by atoms with Crippen LogP contribution in [-0.2, 0) is 11.2 Å². The molecule has 2 N–H and O–H groups in total. The summed E-state index contributed by atoms with van der Waals surface area (Å²) in [6.07, 6.45) is -0.00926. The van der Waals surface area contributed by atoms with Crippen LogP contribution in [0.5, 0.6) is 0 Å². The average molecular weight is 370 g/mol. The standard InChI is InChI=1S/C18H12ClN3O4/c19-9-5-6-14-13(7-9)20-15(26-14)8-12(18(24)25)16-10-3-1-2-4-11(10)17(23)22-21-16/h1-7,12H,8H2,(H,22,23)(H,24,25). The number of hydrogen-bond acceptors (Lipinski definition) is 5. The molecule has 0 saturated carbocycles. The normalized spacial score (nSPS) is 12.5. The minimum Gasteiger partial charge on any atom is -0.481 e. The summed E-state index contributed by atoms with van der Waals surface area (Å²) in [6, 6.07) is 11.7. The van der Waals surface area contributed by atoms with Crippen LogP contribution in [0.1, 0.15) is 17.5 Å². The van der Waals surface area contributed by atoms with Crippen molar-refractivity contribution in [2.75, 3.05) is 0 Å². The Balaban J connectivity index is 1.80. The zero-order valence-corrected chi connectivity index (χ0v) is 14.0. The number of aromatic nitrogens is 3. The van der Waals surface area contributed by atoms with Gasteiger partial charge in [0.05, 0.1) is 11.1 Å². The van der Waals surface area contributed by atoms with E-state index in [2.05, 4.69) is 15.2 Å². The summed E-state index contributed by atoms with van der Waals surface area (Å²) in [5, 5.41) is 17.4. The van der Waals surface area contributed by atoms with Gasteiger partial charge in [-0.25, -0.2) is 10.1 Å². The van der Waals surface area contributed by atoms with Gasteiger partial charge in [0.15, 0.2) is 11.5 Å². The molecule has 0 radical (unpaired) electrons. The lowest BCUT2D eigenvalue weighted by atomic mass is 9.97. The number of rotatable bonds is 4. The zero-order chi connectivity index (χ0) is 18.3. The van der Waals surface area contributed by atoms with E-state index in [1.54, 1.807) is 42.5 Å². The summed E-state index contributed by atoms with van der Waals surface area (Å²) < 4.78 is 5.63. The first-order valence-electron chi connectivity index (χ1n) is 7.78. The van der Waals surface area contributed by atoms with E-state index in [4.69, 9.17) is 16.0 Å². The molecule has 8 heteroatoms. The maximum Gasteiger partial charge on any atom is 0.313 e. The Bertz CT molecular complexity index is 1200. The molecule has 1 atom stereocenters. The second-order valence-corrected chi connectivity index (χ2v) is 6.23. The maximum atomic E-state index is 11.9. The minimum absolute atomic E-state index is 0.00926. The van der Waals surface area contributed by atoms with Crippen LogP contribution in [0.2, 0.25) is 5.02 Å². The van der Waals surface area contributed by atoms with E-state index in [0.29, 0.717) is 26.9 Å². The molecule has 4 aromatic rings. The van der Waals surface area contributed by atoms with E-state index in [-0.39, 0.29) is 23.6 Å². The van der Waals surface area contributed by atoms with Crippen LogP contribution in [-0.4, -0.2) is 26.3 Å². The first-order valence-corrected chi connectivity index (χ1v) is 8.16. The number of hydrogen-bond donors (Lipinski definition) is 2. The molecule has 0 aliphatic rings. The van der Waals surface area contributed by atoms with Crippen LogP contribution >= 0.6 is 11.6 Å². The average Bonchev–Trinajstić information content (AvgIpc) is 3.02. The molecule has 130 valence electrons. The van der Waals surface area contributed by atoms with Gasteiger partial charge in [-0.1, -0.05) is 29.8 Å². The molecule has 0 saturated heterocycles. The number of aromatic amines is 1. The number of carboxylic acids is 1. The SMILES string of the molecule is O=C(O)C(Cc1nc2cc(Cl)ccc2o1)c1n[nH]c(=O)c2ccccc12. The molecule has 0 aliphatic carbocycles. The van der Waals surface area contributed by atoms with E-state index in [9.17, 15) is 14.7 Å². The molecule has 0 spiro atoms. The summed E-state index contributed by atoms with van der Waals surface area (Å²) in [5.74, 6) is -1.86. The molecular weight excluding hydrogens is 358 g/mol. The Hall–Kier alpha value is -3.19. The van der Waals surface area contributed by atoms with Gasteiger partial charge in [-0.3, -0.25) is 9.59 Å². The molecule has 4 rings (SSSR count). The third-order valence-corrected chi connectivity index (χ3v) is 4.36.